The minimum atomic E-state index is 0.0411. The Labute approximate surface area is 106 Å². The maximum atomic E-state index is 12.4. The molecule has 0 aliphatic carbocycles. The van der Waals surface area contributed by atoms with Crippen LogP contribution in [0.5, 0.6) is 0 Å². The molecule has 1 aliphatic heterocycles. The molecule has 0 saturated carbocycles. The molecule has 1 heterocycles. The van der Waals surface area contributed by atoms with Gasteiger partial charge in [-0.3, -0.25) is 10.1 Å². The van der Waals surface area contributed by atoms with Crippen LogP contribution in [0.3, 0.4) is 0 Å². The van der Waals surface area contributed by atoms with Gasteiger partial charge in [0.15, 0.2) is 0 Å². The van der Waals surface area contributed by atoms with E-state index in [1.807, 2.05) is 0 Å². The predicted molar refractivity (Wildman–Crippen MR) is 71.7 cm³/mol. The van der Waals surface area contributed by atoms with Crippen LogP contribution < -0.4 is 5.32 Å². The Morgan fingerprint density at radius 1 is 1.29 bits per heavy atom. The van der Waals surface area contributed by atoms with Crippen molar-refractivity contribution < 1.29 is 4.79 Å². The predicted octanol–water partition coefficient (Wildman–Crippen LogP) is 2.76. The van der Waals surface area contributed by atoms with Crippen LogP contribution in [0.1, 0.15) is 60.3 Å². The number of carbonyl (C=O) groups is 1. The summed E-state index contributed by atoms with van der Waals surface area (Å²) in [4.78, 5) is 14.5. The third kappa shape index (κ3) is 3.01. The van der Waals surface area contributed by atoms with Crippen LogP contribution in [0.4, 0.5) is 0 Å². The molecule has 100 valence electrons. The average molecular weight is 240 g/mol. The number of nitrogens with one attached hydrogen (secondary N) is 1. The Hall–Kier alpha value is -0.570. The van der Waals surface area contributed by atoms with Gasteiger partial charge in [0.1, 0.15) is 0 Å². The number of hydrogen-bond donors (Lipinski definition) is 1. The topological polar surface area (TPSA) is 32.3 Å². The van der Waals surface area contributed by atoms with Gasteiger partial charge >= 0.3 is 0 Å². The maximum absolute atomic E-state index is 12.4. The van der Waals surface area contributed by atoms with Crippen molar-refractivity contribution in [1.29, 1.82) is 0 Å². The molecular weight excluding hydrogens is 212 g/mol. The summed E-state index contributed by atoms with van der Waals surface area (Å²) in [6.45, 7) is 10.9. The van der Waals surface area contributed by atoms with E-state index in [2.05, 4.69) is 44.8 Å². The number of nitrogens with zero attached hydrogens (tertiary/aromatic N) is 1. The van der Waals surface area contributed by atoms with Gasteiger partial charge in [-0.15, -0.1) is 0 Å². The molecule has 0 spiro atoms. The zero-order valence-electron chi connectivity index (χ0n) is 12.0. The summed E-state index contributed by atoms with van der Waals surface area (Å²) >= 11 is 0. The summed E-state index contributed by atoms with van der Waals surface area (Å²) in [5, 5.41) is 3.49. The third-order valence-electron chi connectivity index (χ3n) is 3.80. The normalized spacial score (nSPS) is 26.9. The van der Waals surface area contributed by atoms with E-state index in [1.54, 1.807) is 0 Å². The lowest BCUT2D eigenvalue weighted by atomic mass is 9.99. The van der Waals surface area contributed by atoms with Crippen molar-refractivity contribution in [3.05, 3.63) is 0 Å². The first kappa shape index (κ1) is 14.5. The summed E-state index contributed by atoms with van der Waals surface area (Å²) in [5.74, 6) is 0.840. The Balaban J connectivity index is 2.86. The molecule has 3 nitrogen and oxygen atoms in total. The molecule has 1 fully saturated rings. The van der Waals surface area contributed by atoms with E-state index in [1.165, 1.54) is 0 Å². The summed E-state index contributed by atoms with van der Waals surface area (Å²) in [6.07, 6.45) is 4.37. The van der Waals surface area contributed by atoms with Crippen LogP contribution in [0, 0.1) is 5.92 Å². The minimum absolute atomic E-state index is 0.0411. The Morgan fingerprint density at radius 2 is 1.94 bits per heavy atom. The number of rotatable bonds is 6. The molecule has 1 amide bonds. The van der Waals surface area contributed by atoms with Crippen molar-refractivity contribution in [2.75, 3.05) is 0 Å². The van der Waals surface area contributed by atoms with E-state index in [9.17, 15) is 4.79 Å². The van der Waals surface area contributed by atoms with Crippen molar-refractivity contribution in [2.45, 2.75) is 78.6 Å². The number of carbonyl (C=O) groups excluding carboxylic acids is 1. The lowest BCUT2D eigenvalue weighted by Gasteiger charge is -2.34. The molecule has 0 radical (unpaired) electrons. The molecule has 0 aromatic carbocycles. The fourth-order valence-electron chi connectivity index (χ4n) is 2.89. The third-order valence-corrected chi connectivity index (χ3v) is 3.80. The van der Waals surface area contributed by atoms with Gasteiger partial charge in [0.2, 0.25) is 5.91 Å². The van der Waals surface area contributed by atoms with Crippen LogP contribution in [0.2, 0.25) is 0 Å². The smallest absolute Gasteiger partial charge is 0.241 e. The number of amides is 1. The van der Waals surface area contributed by atoms with E-state index in [0.717, 1.165) is 25.7 Å². The van der Waals surface area contributed by atoms with Gasteiger partial charge in [-0.2, -0.15) is 0 Å². The second-order valence-corrected chi connectivity index (χ2v) is 5.40. The van der Waals surface area contributed by atoms with E-state index in [-0.39, 0.29) is 12.2 Å². The van der Waals surface area contributed by atoms with E-state index < -0.39 is 0 Å². The lowest BCUT2D eigenvalue weighted by molar-refractivity contribution is -0.133. The zero-order chi connectivity index (χ0) is 13.0. The fourth-order valence-corrected chi connectivity index (χ4v) is 2.89. The molecule has 3 heteroatoms. The Morgan fingerprint density at radius 3 is 2.35 bits per heavy atom. The molecule has 0 aromatic heterocycles. The van der Waals surface area contributed by atoms with Crippen molar-refractivity contribution in [3.63, 3.8) is 0 Å². The van der Waals surface area contributed by atoms with Gasteiger partial charge in [-0.05, 0) is 25.2 Å². The van der Waals surface area contributed by atoms with Crippen molar-refractivity contribution in [1.82, 2.24) is 10.2 Å². The summed E-state index contributed by atoms with van der Waals surface area (Å²) in [6, 6.07) is 0.419. The molecular formula is C14H28N2O. The van der Waals surface area contributed by atoms with E-state index >= 15 is 0 Å². The quantitative estimate of drug-likeness (QED) is 0.774. The standard InChI is InChI=1S/C14H28N2O/c1-6-9-13-15-11(7-2)14(17)16(13)12(8-3)10(4)5/h10-13,15H,6-9H2,1-5H3. The van der Waals surface area contributed by atoms with Gasteiger partial charge in [-0.25, -0.2) is 0 Å². The Kier molecular flexibility index (Phi) is 5.44. The average Bonchev–Trinajstić information content (AvgIpc) is 2.58. The first-order valence-corrected chi connectivity index (χ1v) is 7.14. The summed E-state index contributed by atoms with van der Waals surface area (Å²) in [5.41, 5.74) is 0. The highest BCUT2D eigenvalue weighted by molar-refractivity contribution is 5.84. The van der Waals surface area contributed by atoms with Crippen LogP contribution in [-0.2, 0) is 4.79 Å². The molecule has 0 aromatic rings. The monoisotopic (exact) mass is 240 g/mol. The van der Waals surface area contributed by atoms with E-state index in [4.69, 9.17) is 0 Å². The van der Waals surface area contributed by atoms with Crippen LogP contribution >= 0.6 is 0 Å². The maximum Gasteiger partial charge on any atom is 0.241 e. The Bertz CT molecular complexity index is 253. The van der Waals surface area contributed by atoms with Gasteiger partial charge in [0.25, 0.3) is 0 Å². The molecule has 3 atom stereocenters. The zero-order valence-corrected chi connectivity index (χ0v) is 12.0. The summed E-state index contributed by atoms with van der Waals surface area (Å²) < 4.78 is 0. The second kappa shape index (κ2) is 6.39. The number of hydrogen-bond acceptors (Lipinski definition) is 2. The first-order valence-electron chi connectivity index (χ1n) is 7.14. The SMILES string of the molecule is CCCC1NC(CC)C(=O)N1C(CC)C(C)C. The van der Waals surface area contributed by atoms with Gasteiger partial charge in [-0.1, -0.05) is 41.0 Å². The highest BCUT2D eigenvalue weighted by atomic mass is 16.2. The van der Waals surface area contributed by atoms with Gasteiger partial charge < -0.3 is 4.90 Å². The van der Waals surface area contributed by atoms with Gasteiger partial charge in [0.05, 0.1) is 12.2 Å². The van der Waals surface area contributed by atoms with Crippen LogP contribution in [0.15, 0.2) is 0 Å². The largest absolute Gasteiger partial charge is 0.323 e. The highest BCUT2D eigenvalue weighted by Crippen LogP contribution is 2.25. The molecule has 1 aliphatic rings. The fraction of sp³-hybridized carbons (Fsp3) is 0.929. The second-order valence-electron chi connectivity index (χ2n) is 5.40. The van der Waals surface area contributed by atoms with Gasteiger partial charge in [0, 0.05) is 6.04 Å². The summed E-state index contributed by atoms with van der Waals surface area (Å²) in [7, 11) is 0. The molecule has 1 rings (SSSR count). The lowest BCUT2D eigenvalue weighted by Crippen LogP contribution is -2.46. The molecule has 3 unspecified atom stereocenters. The molecule has 0 bridgehead atoms. The van der Waals surface area contributed by atoms with Crippen LogP contribution in [0.25, 0.3) is 0 Å². The molecule has 1 saturated heterocycles. The van der Waals surface area contributed by atoms with Crippen molar-refractivity contribution >= 4 is 5.91 Å². The van der Waals surface area contributed by atoms with Crippen molar-refractivity contribution in [3.8, 4) is 0 Å². The van der Waals surface area contributed by atoms with E-state index in [0.29, 0.717) is 17.9 Å². The minimum Gasteiger partial charge on any atom is -0.323 e. The van der Waals surface area contributed by atoms with Crippen molar-refractivity contribution in [2.24, 2.45) is 5.92 Å². The molecule has 17 heavy (non-hydrogen) atoms. The first-order chi connectivity index (χ1) is 8.06. The highest BCUT2D eigenvalue weighted by Gasteiger charge is 2.41. The van der Waals surface area contributed by atoms with Crippen LogP contribution in [-0.4, -0.2) is 29.1 Å². The molecule has 1 N–H and O–H groups in total.